The summed E-state index contributed by atoms with van der Waals surface area (Å²) >= 11 is 9.27. The molecule has 16 heavy (non-hydrogen) atoms. The second kappa shape index (κ2) is 5.93. The minimum atomic E-state index is -0.214. The molecular formula is C12H11BrClNO. The molecule has 1 aromatic rings. The fourth-order valence-electron chi connectivity index (χ4n) is 1.21. The van der Waals surface area contributed by atoms with Gasteiger partial charge in [-0.15, -0.1) is 12.3 Å². The Morgan fingerprint density at radius 1 is 1.69 bits per heavy atom. The highest BCUT2D eigenvalue weighted by Gasteiger charge is 2.13. The Hall–Kier alpha value is -0.980. The molecular weight excluding hydrogens is 289 g/mol. The van der Waals surface area contributed by atoms with Crippen molar-refractivity contribution in [3.8, 4) is 12.3 Å². The number of benzene rings is 1. The molecule has 4 heteroatoms. The molecule has 0 bridgehead atoms. The molecule has 0 saturated heterocycles. The minimum Gasteiger partial charge on any atom is -0.349 e. The lowest BCUT2D eigenvalue weighted by Gasteiger charge is -2.12. The standard InChI is InChI=1S/C12H11BrClNO/c1-3-5-8(2)15-12(16)9-6-4-7-10(13)11(9)14/h1,4,6-8H,5H2,2H3,(H,15,16). The normalized spacial score (nSPS) is 11.6. The zero-order valence-electron chi connectivity index (χ0n) is 8.76. The molecule has 0 aliphatic heterocycles. The maximum Gasteiger partial charge on any atom is 0.253 e. The third-order valence-corrected chi connectivity index (χ3v) is 3.29. The van der Waals surface area contributed by atoms with Crippen molar-refractivity contribution in [2.75, 3.05) is 0 Å². The summed E-state index contributed by atoms with van der Waals surface area (Å²) in [6.45, 7) is 1.85. The second-order valence-electron chi connectivity index (χ2n) is 3.38. The second-order valence-corrected chi connectivity index (χ2v) is 4.62. The summed E-state index contributed by atoms with van der Waals surface area (Å²) in [5.41, 5.74) is 0.444. The van der Waals surface area contributed by atoms with Crippen LogP contribution in [0.25, 0.3) is 0 Å². The van der Waals surface area contributed by atoms with E-state index in [2.05, 4.69) is 27.2 Å². The van der Waals surface area contributed by atoms with Crippen LogP contribution in [0.15, 0.2) is 22.7 Å². The Morgan fingerprint density at radius 2 is 2.38 bits per heavy atom. The molecule has 84 valence electrons. The molecule has 0 aliphatic rings. The van der Waals surface area contributed by atoms with Crippen LogP contribution in [0.5, 0.6) is 0 Å². The molecule has 0 aromatic heterocycles. The molecule has 0 saturated carbocycles. The quantitative estimate of drug-likeness (QED) is 0.853. The first-order valence-electron chi connectivity index (χ1n) is 4.74. The van der Waals surface area contributed by atoms with Crippen molar-refractivity contribution in [2.24, 2.45) is 0 Å². The topological polar surface area (TPSA) is 29.1 Å². The Morgan fingerprint density at radius 3 is 3.00 bits per heavy atom. The van der Waals surface area contributed by atoms with Crippen molar-refractivity contribution >= 4 is 33.4 Å². The average molecular weight is 301 g/mol. The molecule has 1 unspecified atom stereocenters. The van der Waals surface area contributed by atoms with Crippen LogP contribution in [-0.4, -0.2) is 11.9 Å². The van der Waals surface area contributed by atoms with Gasteiger partial charge in [-0.1, -0.05) is 17.7 Å². The fourth-order valence-corrected chi connectivity index (χ4v) is 1.79. The van der Waals surface area contributed by atoms with Crippen molar-refractivity contribution in [3.63, 3.8) is 0 Å². The average Bonchev–Trinajstić information content (AvgIpc) is 2.22. The lowest BCUT2D eigenvalue weighted by molar-refractivity contribution is 0.0941. The summed E-state index contributed by atoms with van der Waals surface area (Å²) in [7, 11) is 0. The molecule has 1 atom stereocenters. The van der Waals surface area contributed by atoms with Gasteiger partial charge in [0.25, 0.3) is 5.91 Å². The van der Waals surface area contributed by atoms with E-state index >= 15 is 0 Å². The third kappa shape index (κ3) is 3.26. The molecule has 0 radical (unpaired) electrons. The van der Waals surface area contributed by atoms with E-state index in [1.54, 1.807) is 18.2 Å². The Balaban J connectivity index is 2.82. The van der Waals surface area contributed by atoms with Crippen molar-refractivity contribution in [3.05, 3.63) is 33.3 Å². The Bertz CT molecular complexity index is 439. The van der Waals surface area contributed by atoms with Crippen LogP contribution in [-0.2, 0) is 0 Å². The molecule has 1 aromatic carbocycles. The molecule has 0 spiro atoms. The minimum absolute atomic E-state index is 0.0625. The van der Waals surface area contributed by atoms with E-state index in [9.17, 15) is 4.79 Å². The van der Waals surface area contributed by atoms with Gasteiger partial charge in [-0.25, -0.2) is 0 Å². The highest BCUT2D eigenvalue weighted by atomic mass is 79.9. The van der Waals surface area contributed by atoms with Crippen LogP contribution >= 0.6 is 27.5 Å². The van der Waals surface area contributed by atoms with Gasteiger partial charge in [0, 0.05) is 16.9 Å². The predicted octanol–water partition coefficient (Wildman–Crippen LogP) is 3.24. The van der Waals surface area contributed by atoms with Gasteiger partial charge in [0.2, 0.25) is 0 Å². The lowest BCUT2D eigenvalue weighted by atomic mass is 10.2. The molecule has 1 rings (SSSR count). The van der Waals surface area contributed by atoms with Crippen molar-refractivity contribution in [1.29, 1.82) is 0 Å². The summed E-state index contributed by atoms with van der Waals surface area (Å²) in [5, 5.41) is 3.19. The van der Waals surface area contributed by atoms with Crippen molar-refractivity contribution in [2.45, 2.75) is 19.4 Å². The van der Waals surface area contributed by atoms with E-state index < -0.39 is 0 Å². The van der Waals surface area contributed by atoms with E-state index in [0.717, 1.165) is 0 Å². The van der Waals surface area contributed by atoms with Gasteiger partial charge in [-0.05, 0) is 35.0 Å². The van der Waals surface area contributed by atoms with E-state index in [1.807, 2.05) is 6.92 Å². The summed E-state index contributed by atoms with van der Waals surface area (Å²) in [4.78, 5) is 11.8. The van der Waals surface area contributed by atoms with Gasteiger partial charge >= 0.3 is 0 Å². The largest absolute Gasteiger partial charge is 0.349 e. The zero-order chi connectivity index (χ0) is 12.1. The lowest BCUT2D eigenvalue weighted by Crippen LogP contribution is -2.32. The summed E-state index contributed by atoms with van der Waals surface area (Å²) in [6, 6.07) is 5.15. The smallest absolute Gasteiger partial charge is 0.253 e. The summed E-state index contributed by atoms with van der Waals surface area (Å²) in [6.07, 6.45) is 5.66. The van der Waals surface area contributed by atoms with Crippen molar-refractivity contribution < 1.29 is 4.79 Å². The van der Waals surface area contributed by atoms with Gasteiger partial charge in [-0.3, -0.25) is 4.79 Å². The van der Waals surface area contributed by atoms with Gasteiger partial charge in [0.05, 0.1) is 10.6 Å². The zero-order valence-corrected chi connectivity index (χ0v) is 11.1. The first-order valence-corrected chi connectivity index (χ1v) is 5.91. The van der Waals surface area contributed by atoms with Gasteiger partial charge < -0.3 is 5.32 Å². The number of hydrogen-bond donors (Lipinski definition) is 1. The van der Waals surface area contributed by atoms with Crippen LogP contribution in [0.4, 0.5) is 0 Å². The highest BCUT2D eigenvalue weighted by molar-refractivity contribution is 9.10. The van der Waals surface area contributed by atoms with Crippen molar-refractivity contribution in [1.82, 2.24) is 5.32 Å². The summed E-state index contributed by atoms with van der Waals surface area (Å²) in [5.74, 6) is 2.28. The Labute approximate surface area is 109 Å². The van der Waals surface area contributed by atoms with E-state index in [4.69, 9.17) is 18.0 Å². The van der Waals surface area contributed by atoms with E-state index in [0.29, 0.717) is 21.5 Å². The van der Waals surface area contributed by atoms with Crippen LogP contribution < -0.4 is 5.32 Å². The molecule has 2 nitrogen and oxygen atoms in total. The van der Waals surface area contributed by atoms with E-state index in [1.165, 1.54) is 0 Å². The van der Waals surface area contributed by atoms with Crippen LogP contribution in [0.1, 0.15) is 23.7 Å². The number of rotatable bonds is 3. The number of carbonyl (C=O) groups excluding carboxylic acids is 1. The van der Waals surface area contributed by atoms with Crippen LogP contribution in [0, 0.1) is 12.3 Å². The number of nitrogens with one attached hydrogen (secondary N) is 1. The first kappa shape index (κ1) is 13.1. The monoisotopic (exact) mass is 299 g/mol. The maximum absolute atomic E-state index is 11.8. The van der Waals surface area contributed by atoms with E-state index in [-0.39, 0.29) is 11.9 Å². The van der Waals surface area contributed by atoms with Gasteiger partial charge in [0.1, 0.15) is 0 Å². The fraction of sp³-hybridized carbons (Fsp3) is 0.250. The highest BCUT2D eigenvalue weighted by Crippen LogP contribution is 2.25. The van der Waals surface area contributed by atoms with Crippen LogP contribution in [0.3, 0.4) is 0 Å². The van der Waals surface area contributed by atoms with Crippen LogP contribution in [0.2, 0.25) is 5.02 Å². The molecule has 0 fully saturated rings. The van der Waals surface area contributed by atoms with Gasteiger partial charge in [-0.2, -0.15) is 0 Å². The predicted molar refractivity (Wildman–Crippen MR) is 69.5 cm³/mol. The first-order chi connectivity index (χ1) is 7.56. The molecule has 1 N–H and O–H groups in total. The molecule has 0 aliphatic carbocycles. The SMILES string of the molecule is C#CCC(C)NC(=O)c1cccc(Br)c1Cl. The summed E-state index contributed by atoms with van der Waals surface area (Å²) < 4.78 is 0.700. The maximum atomic E-state index is 11.8. The number of hydrogen-bond acceptors (Lipinski definition) is 1. The van der Waals surface area contributed by atoms with Gasteiger partial charge in [0.15, 0.2) is 0 Å². The third-order valence-electron chi connectivity index (χ3n) is 2.00. The number of halogens is 2. The molecule has 1 amide bonds. The number of terminal acetylenes is 1. The number of carbonyl (C=O) groups is 1. The Kier molecular flexibility index (Phi) is 4.85. The number of amides is 1. The molecule has 0 heterocycles.